The third kappa shape index (κ3) is 5.51. The van der Waals surface area contributed by atoms with Crippen molar-refractivity contribution >= 4 is 43.2 Å². The van der Waals surface area contributed by atoms with E-state index in [4.69, 9.17) is 4.74 Å². The minimum atomic E-state index is -3.93. The summed E-state index contributed by atoms with van der Waals surface area (Å²) >= 11 is 3.36. The number of carbonyl (C=O) groups is 1. The molecule has 1 saturated carbocycles. The van der Waals surface area contributed by atoms with Crippen LogP contribution in [0.15, 0.2) is 45.8 Å². The summed E-state index contributed by atoms with van der Waals surface area (Å²) < 4.78 is 34.5. The monoisotopic (exact) mass is 480 g/mol. The van der Waals surface area contributed by atoms with Crippen LogP contribution in [0.2, 0.25) is 0 Å². The van der Waals surface area contributed by atoms with E-state index in [9.17, 15) is 13.2 Å². The SMILES string of the molecule is COc1ccc(NC(=O)CC2CCCC2)cc1S(=O)(=O)Nc1cc(C)ccc1Br. The summed E-state index contributed by atoms with van der Waals surface area (Å²) in [5.41, 5.74) is 1.78. The molecule has 6 nitrogen and oxygen atoms in total. The molecule has 2 aromatic carbocycles. The van der Waals surface area contributed by atoms with Crippen molar-refractivity contribution in [3.05, 3.63) is 46.4 Å². The molecule has 0 unspecified atom stereocenters. The third-order valence-corrected chi connectivity index (χ3v) is 7.13. The largest absolute Gasteiger partial charge is 0.495 e. The van der Waals surface area contributed by atoms with Crippen molar-refractivity contribution in [1.82, 2.24) is 0 Å². The minimum Gasteiger partial charge on any atom is -0.495 e. The third-order valence-electron chi connectivity index (χ3n) is 5.05. The number of hydrogen-bond donors (Lipinski definition) is 2. The molecule has 0 aromatic heterocycles. The lowest BCUT2D eigenvalue weighted by molar-refractivity contribution is -0.117. The van der Waals surface area contributed by atoms with Crippen molar-refractivity contribution in [1.29, 1.82) is 0 Å². The number of carbonyl (C=O) groups excluding carboxylic acids is 1. The van der Waals surface area contributed by atoms with Gasteiger partial charge in [-0.1, -0.05) is 18.9 Å². The first kappa shape index (κ1) is 21.6. The van der Waals surface area contributed by atoms with E-state index in [2.05, 4.69) is 26.0 Å². The van der Waals surface area contributed by atoms with Gasteiger partial charge in [0.15, 0.2) is 0 Å². The zero-order valence-electron chi connectivity index (χ0n) is 16.5. The highest BCUT2D eigenvalue weighted by atomic mass is 79.9. The normalized spacial score (nSPS) is 14.6. The molecule has 2 aromatic rings. The number of benzene rings is 2. The summed E-state index contributed by atoms with van der Waals surface area (Å²) in [5, 5.41) is 2.82. The van der Waals surface area contributed by atoms with Crippen LogP contribution in [0.4, 0.5) is 11.4 Å². The summed E-state index contributed by atoms with van der Waals surface area (Å²) in [6, 6.07) is 10.0. The minimum absolute atomic E-state index is 0.0351. The van der Waals surface area contributed by atoms with E-state index in [0.29, 0.717) is 28.2 Å². The van der Waals surface area contributed by atoms with Gasteiger partial charge in [-0.2, -0.15) is 0 Å². The van der Waals surface area contributed by atoms with Crippen LogP contribution in [0.3, 0.4) is 0 Å². The Kier molecular flexibility index (Phi) is 6.85. The van der Waals surface area contributed by atoms with E-state index in [1.54, 1.807) is 24.3 Å². The molecule has 0 aliphatic heterocycles. The molecular formula is C21H25BrN2O4S. The van der Waals surface area contributed by atoms with Gasteiger partial charge in [0.25, 0.3) is 10.0 Å². The second-order valence-corrected chi connectivity index (χ2v) is 9.86. The van der Waals surface area contributed by atoms with Gasteiger partial charge in [0.05, 0.1) is 12.8 Å². The molecule has 0 bridgehead atoms. The van der Waals surface area contributed by atoms with Gasteiger partial charge >= 0.3 is 0 Å². The van der Waals surface area contributed by atoms with Crippen molar-refractivity contribution in [2.75, 3.05) is 17.1 Å². The Morgan fingerprint density at radius 1 is 1.17 bits per heavy atom. The number of amides is 1. The fourth-order valence-corrected chi connectivity index (χ4v) is 5.31. The van der Waals surface area contributed by atoms with Crippen molar-refractivity contribution in [3.63, 3.8) is 0 Å². The van der Waals surface area contributed by atoms with Crippen molar-refractivity contribution in [2.45, 2.75) is 43.9 Å². The van der Waals surface area contributed by atoms with Gasteiger partial charge in [-0.05, 0) is 77.5 Å². The quantitative estimate of drug-likeness (QED) is 0.577. The molecule has 0 spiro atoms. The Bertz CT molecular complexity index is 1000. The summed E-state index contributed by atoms with van der Waals surface area (Å²) in [5.74, 6) is 0.520. The average Bonchev–Trinajstić information content (AvgIpc) is 3.17. The lowest BCUT2D eigenvalue weighted by Crippen LogP contribution is -2.17. The first-order valence-electron chi connectivity index (χ1n) is 9.55. The maximum Gasteiger partial charge on any atom is 0.265 e. The molecule has 1 aliphatic rings. The number of rotatable bonds is 7. The fourth-order valence-electron chi connectivity index (χ4n) is 3.57. The number of ether oxygens (including phenoxy) is 1. The van der Waals surface area contributed by atoms with E-state index in [-0.39, 0.29) is 16.6 Å². The molecule has 0 radical (unpaired) electrons. The second kappa shape index (κ2) is 9.17. The molecule has 1 fully saturated rings. The Morgan fingerprint density at radius 3 is 2.59 bits per heavy atom. The molecule has 2 N–H and O–H groups in total. The van der Waals surface area contributed by atoms with Gasteiger partial charge in [-0.3, -0.25) is 9.52 Å². The van der Waals surface area contributed by atoms with Gasteiger partial charge in [-0.15, -0.1) is 0 Å². The van der Waals surface area contributed by atoms with Gasteiger partial charge < -0.3 is 10.1 Å². The highest BCUT2D eigenvalue weighted by Gasteiger charge is 2.23. The van der Waals surface area contributed by atoms with Crippen LogP contribution < -0.4 is 14.8 Å². The van der Waals surface area contributed by atoms with Gasteiger partial charge in [0, 0.05) is 16.6 Å². The van der Waals surface area contributed by atoms with E-state index in [0.717, 1.165) is 18.4 Å². The summed E-state index contributed by atoms with van der Waals surface area (Å²) in [4.78, 5) is 12.3. The van der Waals surface area contributed by atoms with E-state index in [1.165, 1.54) is 26.0 Å². The molecule has 29 heavy (non-hydrogen) atoms. The van der Waals surface area contributed by atoms with Crippen LogP contribution in [0.25, 0.3) is 0 Å². The van der Waals surface area contributed by atoms with Crippen molar-refractivity contribution in [2.24, 2.45) is 5.92 Å². The lowest BCUT2D eigenvalue weighted by Gasteiger charge is -2.15. The van der Waals surface area contributed by atoms with E-state index in [1.807, 2.05) is 13.0 Å². The van der Waals surface area contributed by atoms with Crippen LogP contribution in [-0.4, -0.2) is 21.4 Å². The topological polar surface area (TPSA) is 84.5 Å². The predicted octanol–water partition coefficient (Wildman–Crippen LogP) is 5.09. The lowest BCUT2D eigenvalue weighted by atomic mass is 10.0. The molecule has 1 aliphatic carbocycles. The number of hydrogen-bond acceptors (Lipinski definition) is 4. The fraction of sp³-hybridized carbons (Fsp3) is 0.381. The van der Waals surface area contributed by atoms with Crippen LogP contribution >= 0.6 is 15.9 Å². The predicted molar refractivity (Wildman–Crippen MR) is 118 cm³/mol. The number of anilines is 2. The highest BCUT2D eigenvalue weighted by molar-refractivity contribution is 9.10. The molecule has 8 heteroatoms. The number of methoxy groups -OCH3 is 1. The molecule has 0 saturated heterocycles. The molecule has 0 atom stereocenters. The number of nitrogens with one attached hydrogen (secondary N) is 2. The maximum atomic E-state index is 13.0. The Balaban J connectivity index is 1.83. The number of halogens is 1. The second-order valence-electron chi connectivity index (χ2n) is 7.36. The molecule has 1 amide bonds. The average molecular weight is 481 g/mol. The summed E-state index contributed by atoms with van der Waals surface area (Å²) in [6.45, 7) is 1.88. The zero-order valence-corrected chi connectivity index (χ0v) is 18.9. The van der Waals surface area contributed by atoms with Crippen LogP contribution in [0, 0.1) is 12.8 Å². The maximum absolute atomic E-state index is 13.0. The molecule has 156 valence electrons. The van der Waals surface area contributed by atoms with E-state index >= 15 is 0 Å². The Morgan fingerprint density at radius 2 is 1.90 bits per heavy atom. The number of sulfonamides is 1. The van der Waals surface area contributed by atoms with Gasteiger partial charge in [-0.25, -0.2) is 8.42 Å². The first-order chi connectivity index (χ1) is 13.8. The van der Waals surface area contributed by atoms with E-state index < -0.39 is 10.0 Å². The van der Waals surface area contributed by atoms with Crippen LogP contribution in [-0.2, 0) is 14.8 Å². The summed E-state index contributed by atoms with van der Waals surface area (Å²) in [7, 11) is -2.52. The van der Waals surface area contributed by atoms with Gasteiger partial charge in [0.1, 0.15) is 10.6 Å². The standard InChI is InChI=1S/C21H25BrN2O4S/c1-14-7-9-17(22)18(11-14)24-29(26,27)20-13-16(8-10-19(20)28-2)23-21(25)12-15-5-3-4-6-15/h7-11,13,15,24H,3-6,12H2,1-2H3,(H,23,25). The first-order valence-corrected chi connectivity index (χ1v) is 11.8. The summed E-state index contributed by atoms with van der Waals surface area (Å²) in [6.07, 6.45) is 4.95. The number of aryl methyl sites for hydroxylation is 1. The van der Waals surface area contributed by atoms with Crippen molar-refractivity contribution in [3.8, 4) is 5.75 Å². The van der Waals surface area contributed by atoms with Gasteiger partial charge in [0.2, 0.25) is 5.91 Å². The van der Waals surface area contributed by atoms with Crippen molar-refractivity contribution < 1.29 is 17.9 Å². The Hall–Kier alpha value is -2.06. The Labute approximate surface area is 180 Å². The van der Waals surface area contributed by atoms with Crippen LogP contribution in [0.5, 0.6) is 5.75 Å². The highest BCUT2D eigenvalue weighted by Crippen LogP contribution is 2.32. The van der Waals surface area contributed by atoms with Crippen LogP contribution in [0.1, 0.15) is 37.7 Å². The molecule has 3 rings (SSSR count). The smallest absolute Gasteiger partial charge is 0.265 e. The zero-order chi connectivity index (χ0) is 21.0. The molecule has 0 heterocycles. The molecular weight excluding hydrogens is 456 g/mol.